The maximum absolute atomic E-state index is 13.9. The highest BCUT2D eigenvalue weighted by Gasteiger charge is 2.11. The first-order chi connectivity index (χ1) is 14.2. The van der Waals surface area contributed by atoms with Gasteiger partial charge in [0.15, 0.2) is 4.96 Å². The minimum atomic E-state index is -0.304. The maximum atomic E-state index is 13.9. The van der Waals surface area contributed by atoms with Crippen molar-refractivity contribution in [3.63, 3.8) is 0 Å². The van der Waals surface area contributed by atoms with E-state index in [0.717, 1.165) is 16.6 Å². The fourth-order valence-corrected chi connectivity index (χ4v) is 4.23. The summed E-state index contributed by atoms with van der Waals surface area (Å²) in [5.74, 6) is 0.285. The summed E-state index contributed by atoms with van der Waals surface area (Å²) < 4.78 is 21.9. The van der Waals surface area contributed by atoms with E-state index in [1.54, 1.807) is 28.7 Å². The highest BCUT2D eigenvalue weighted by atomic mass is 32.1. The lowest BCUT2D eigenvalue weighted by molar-refractivity contribution is 0.299. The predicted molar refractivity (Wildman–Crippen MR) is 113 cm³/mol. The van der Waals surface area contributed by atoms with Gasteiger partial charge in [0.25, 0.3) is 5.56 Å². The summed E-state index contributed by atoms with van der Waals surface area (Å²) in [6.07, 6.45) is 1.80. The third-order valence-electron chi connectivity index (χ3n) is 4.69. The van der Waals surface area contributed by atoms with Crippen LogP contribution >= 0.6 is 11.3 Å². The quantitative estimate of drug-likeness (QED) is 0.453. The van der Waals surface area contributed by atoms with E-state index < -0.39 is 0 Å². The molecule has 5 rings (SSSR count). The number of hydrogen-bond acceptors (Lipinski definition) is 4. The van der Waals surface area contributed by atoms with Crippen LogP contribution in [-0.4, -0.2) is 9.38 Å². The summed E-state index contributed by atoms with van der Waals surface area (Å²) in [5.41, 5.74) is 2.73. The van der Waals surface area contributed by atoms with E-state index in [1.807, 2.05) is 48.5 Å². The van der Waals surface area contributed by atoms with Crippen LogP contribution in [-0.2, 0) is 6.61 Å². The lowest BCUT2D eigenvalue weighted by atomic mass is 10.2. The fraction of sp³-hybridized carbons (Fsp3) is 0.0435. The molecular weight excluding hydrogens is 387 g/mol. The van der Waals surface area contributed by atoms with Crippen molar-refractivity contribution in [2.24, 2.45) is 0 Å². The fourth-order valence-electron chi connectivity index (χ4n) is 3.26. The number of para-hydroxylation sites is 3. The number of halogens is 1. The number of nitrogens with zero attached hydrogens (tertiary/aromatic N) is 2. The molecule has 3 aromatic carbocycles. The third-order valence-corrected chi connectivity index (χ3v) is 5.66. The van der Waals surface area contributed by atoms with Gasteiger partial charge in [-0.15, -0.1) is 0 Å². The average Bonchev–Trinajstić information content (AvgIpc) is 3.25. The molecule has 2 aromatic heterocycles. The number of aromatic nitrogens is 2. The van der Waals surface area contributed by atoms with Crippen molar-refractivity contribution >= 4 is 33.4 Å². The topological polar surface area (TPSA) is 43.6 Å². The number of thiazole rings is 1. The minimum Gasteiger partial charge on any atom is -0.488 e. The van der Waals surface area contributed by atoms with Crippen molar-refractivity contribution in [1.82, 2.24) is 9.38 Å². The first-order valence-corrected chi connectivity index (χ1v) is 9.89. The lowest BCUT2D eigenvalue weighted by Crippen LogP contribution is -2.22. The number of ether oxygens (including phenoxy) is 1. The summed E-state index contributed by atoms with van der Waals surface area (Å²) in [7, 11) is 0. The van der Waals surface area contributed by atoms with Crippen LogP contribution in [0.2, 0.25) is 0 Å². The van der Waals surface area contributed by atoms with Gasteiger partial charge in [-0.3, -0.25) is 4.79 Å². The van der Waals surface area contributed by atoms with Crippen molar-refractivity contribution in [3.05, 3.63) is 105 Å². The molecule has 0 aliphatic rings. The second kappa shape index (κ2) is 7.14. The Hall–Kier alpha value is -3.51. The molecule has 0 aliphatic heterocycles. The number of fused-ring (bicyclic) bond motifs is 3. The summed E-state index contributed by atoms with van der Waals surface area (Å²) in [6.45, 7) is 0.111. The van der Waals surface area contributed by atoms with E-state index in [0.29, 0.717) is 20.8 Å². The van der Waals surface area contributed by atoms with Gasteiger partial charge < -0.3 is 4.74 Å². The van der Waals surface area contributed by atoms with Gasteiger partial charge in [0.05, 0.1) is 15.6 Å². The summed E-state index contributed by atoms with van der Waals surface area (Å²) in [5, 5.41) is 0. The monoisotopic (exact) mass is 402 g/mol. The summed E-state index contributed by atoms with van der Waals surface area (Å²) >= 11 is 1.34. The molecule has 0 saturated carbocycles. The molecule has 0 radical (unpaired) electrons. The van der Waals surface area contributed by atoms with Crippen molar-refractivity contribution < 1.29 is 9.13 Å². The molecule has 29 heavy (non-hydrogen) atoms. The second-order valence-corrected chi connectivity index (χ2v) is 7.56. The van der Waals surface area contributed by atoms with Crippen LogP contribution in [0, 0.1) is 5.82 Å². The minimum absolute atomic E-state index is 0.109. The second-order valence-electron chi connectivity index (χ2n) is 6.55. The Morgan fingerprint density at radius 3 is 2.66 bits per heavy atom. The van der Waals surface area contributed by atoms with Crippen molar-refractivity contribution in [3.8, 4) is 5.75 Å². The Labute approximate surface area is 169 Å². The predicted octanol–water partition coefficient (Wildman–Crippen LogP) is 4.18. The van der Waals surface area contributed by atoms with Gasteiger partial charge in [0, 0.05) is 11.1 Å². The maximum Gasteiger partial charge on any atom is 0.274 e. The van der Waals surface area contributed by atoms with E-state index in [4.69, 9.17) is 4.74 Å². The molecule has 5 aromatic rings. The van der Waals surface area contributed by atoms with Gasteiger partial charge >= 0.3 is 0 Å². The van der Waals surface area contributed by atoms with Crippen LogP contribution in [0.25, 0.3) is 22.1 Å². The average molecular weight is 402 g/mol. The molecule has 4 nitrogen and oxygen atoms in total. The van der Waals surface area contributed by atoms with Crippen molar-refractivity contribution in [2.45, 2.75) is 6.61 Å². The van der Waals surface area contributed by atoms with Crippen LogP contribution < -0.4 is 14.8 Å². The standard InChI is InChI=1S/C23H15FN2O2S/c24-17-9-3-1-8-16(17)14-28-20-12-6-2-7-15(20)13-21-22(27)26-19-11-5-4-10-18(19)25-23(26)29-21/h1-13H,14H2/b21-13-. The summed E-state index contributed by atoms with van der Waals surface area (Å²) in [4.78, 5) is 18.1. The first kappa shape index (κ1) is 17.6. The number of imidazole rings is 1. The highest BCUT2D eigenvalue weighted by Crippen LogP contribution is 2.21. The van der Waals surface area contributed by atoms with Gasteiger partial charge in [-0.1, -0.05) is 59.9 Å². The molecule has 0 bridgehead atoms. The zero-order valence-corrected chi connectivity index (χ0v) is 16.0. The molecule has 2 heterocycles. The molecule has 0 aliphatic carbocycles. The van der Waals surface area contributed by atoms with Crippen LogP contribution in [0.3, 0.4) is 0 Å². The normalized spacial score (nSPS) is 12.1. The van der Waals surface area contributed by atoms with Crippen LogP contribution in [0.5, 0.6) is 5.75 Å². The molecule has 0 fully saturated rings. The number of hydrogen-bond donors (Lipinski definition) is 0. The molecule has 142 valence electrons. The van der Waals surface area contributed by atoms with Crippen LogP contribution in [0.1, 0.15) is 11.1 Å². The van der Waals surface area contributed by atoms with E-state index in [2.05, 4.69) is 4.98 Å². The van der Waals surface area contributed by atoms with Gasteiger partial charge in [-0.25, -0.2) is 13.8 Å². The first-order valence-electron chi connectivity index (χ1n) is 9.08. The molecule has 0 saturated heterocycles. The molecule has 0 spiro atoms. The molecular formula is C23H15FN2O2S. The molecule has 6 heteroatoms. The molecule has 0 N–H and O–H groups in total. The summed E-state index contributed by atoms with van der Waals surface area (Å²) in [6, 6.07) is 21.5. The largest absolute Gasteiger partial charge is 0.488 e. The van der Waals surface area contributed by atoms with Gasteiger partial charge in [-0.2, -0.15) is 0 Å². The Kier molecular flexibility index (Phi) is 4.33. The van der Waals surface area contributed by atoms with Gasteiger partial charge in [-0.05, 0) is 30.3 Å². The molecule has 0 unspecified atom stereocenters. The van der Waals surface area contributed by atoms with Crippen molar-refractivity contribution in [2.75, 3.05) is 0 Å². The van der Waals surface area contributed by atoms with E-state index in [9.17, 15) is 9.18 Å². The Balaban J connectivity index is 1.55. The van der Waals surface area contributed by atoms with E-state index in [1.165, 1.54) is 17.4 Å². The van der Waals surface area contributed by atoms with Crippen LogP contribution in [0.15, 0.2) is 77.6 Å². The SMILES string of the molecule is O=c1/c(=C/c2ccccc2OCc2ccccc2F)sc2nc3ccccc3n12. The number of benzene rings is 3. The van der Waals surface area contributed by atoms with Gasteiger partial charge in [0.1, 0.15) is 18.2 Å². The highest BCUT2D eigenvalue weighted by molar-refractivity contribution is 7.15. The Morgan fingerprint density at radius 1 is 1.00 bits per heavy atom. The number of rotatable bonds is 4. The molecule has 0 amide bonds. The third kappa shape index (κ3) is 3.17. The van der Waals surface area contributed by atoms with Crippen LogP contribution in [0.4, 0.5) is 4.39 Å². The zero-order valence-electron chi connectivity index (χ0n) is 15.2. The van der Waals surface area contributed by atoms with E-state index in [-0.39, 0.29) is 18.0 Å². The smallest absolute Gasteiger partial charge is 0.274 e. The van der Waals surface area contributed by atoms with E-state index >= 15 is 0 Å². The zero-order chi connectivity index (χ0) is 19.8. The Bertz CT molecular complexity index is 1460. The lowest BCUT2D eigenvalue weighted by Gasteiger charge is -2.09. The Morgan fingerprint density at radius 2 is 1.76 bits per heavy atom. The molecule has 0 atom stereocenters. The van der Waals surface area contributed by atoms with Gasteiger partial charge in [0.2, 0.25) is 0 Å². The van der Waals surface area contributed by atoms with Crippen molar-refractivity contribution in [1.29, 1.82) is 0 Å².